The number of rotatable bonds is 6. The van der Waals surface area contributed by atoms with Crippen molar-refractivity contribution in [3.8, 4) is 5.75 Å². The monoisotopic (exact) mass is 484 g/mol. The van der Waals surface area contributed by atoms with E-state index in [1.165, 1.54) is 5.56 Å². The molecule has 0 aliphatic carbocycles. The predicted octanol–water partition coefficient (Wildman–Crippen LogP) is 3.38. The van der Waals surface area contributed by atoms with Crippen LogP contribution < -0.4 is 15.4 Å². The molecular formula is C21H33IN4O. The van der Waals surface area contributed by atoms with Crippen molar-refractivity contribution in [2.75, 3.05) is 39.3 Å². The van der Waals surface area contributed by atoms with Crippen molar-refractivity contribution in [2.24, 2.45) is 4.99 Å². The Kier molecular flexibility index (Phi) is 9.41. The minimum atomic E-state index is 0. The Morgan fingerprint density at radius 2 is 2.07 bits per heavy atom. The van der Waals surface area contributed by atoms with E-state index in [9.17, 15) is 0 Å². The van der Waals surface area contributed by atoms with Crippen LogP contribution in [-0.4, -0.2) is 56.2 Å². The number of piperidine rings is 1. The van der Waals surface area contributed by atoms with Gasteiger partial charge in [-0.25, -0.2) is 0 Å². The zero-order chi connectivity index (χ0) is 18.2. The second-order valence-corrected chi connectivity index (χ2v) is 7.10. The normalized spacial score (nSPS) is 20.8. The number of benzene rings is 1. The van der Waals surface area contributed by atoms with E-state index >= 15 is 0 Å². The van der Waals surface area contributed by atoms with Gasteiger partial charge < -0.3 is 15.4 Å². The molecule has 0 amide bonds. The average Bonchev–Trinajstić information content (AvgIpc) is 2.68. The van der Waals surface area contributed by atoms with Crippen molar-refractivity contribution < 1.29 is 4.74 Å². The lowest BCUT2D eigenvalue weighted by atomic mass is 9.93. The topological polar surface area (TPSA) is 48.9 Å². The third-order valence-corrected chi connectivity index (χ3v) is 5.21. The highest BCUT2D eigenvalue weighted by atomic mass is 127. The Balaban J connectivity index is 0.00000261. The molecule has 1 fully saturated rings. The van der Waals surface area contributed by atoms with Crippen LogP contribution in [0, 0.1) is 0 Å². The first-order valence-electron chi connectivity index (χ1n) is 9.90. The fourth-order valence-electron chi connectivity index (χ4n) is 3.76. The lowest BCUT2D eigenvalue weighted by Crippen LogP contribution is -2.48. The van der Waals surface area contributed by atoms with E-state index in [-0.39, 0.29) is 24.0 Å². The summed E-state index contributed by atoms with van der Waals surface area (Å²) >= 11 is 0. The summed E-state index contributed by atoms with van der Waals surface area (Å²) in [6.07, 6.45) is 5.32. The van der Waals surface area contributed by atoms with E-state index in [4.69, 9.17) is 9.73 Å². The zero-order valence-electron chi connectivity index (χ0n) is 16.3. The zero-order valence-corrected chi connectivity index (χ0v) is 18.7. The van der Waals surface area contributed by atoms with Crippen LogP contribution in [0.3, 0.4) is 0 Å². The van der Waals surface area contributed by atoms with Gasteiger partial charge in [0.05, 0.1) is 6.61 Å². The maximum atomic E-state index is 5.77. The molecule has 2 heterocycles. The van der Waals surface area contributed by atoms with E-state index in [1.807, 2.05) is 12.1 Å². The van der Waals surface area contributed by atoms with E-state index in [2.05, 4.69) is 47.2 Å². The molecule has 3 rings (SSSR count). The van der Waals surface area contributed by atoms with Crippen molar-refractivity contribution in [1.82, 2.24) is 15.5 Å². The first-order chi connectivity index (χ1) is 12.8. The van der Waals surface area contributed by atoms with Gasteiger partial charge in [0.2, 0.25) is 0 Å². The Bertz CT molecular complexity index is 614. The first-order valence-corrected chi connectivity index (χ1v) is 9.90. The van der Waals surface area contributed by atoms with Gasteiger partial charge in [0, 0.05) is 44.7 Å². The Morgan fingerprint density at radius 1 is 1.30 bits per heavy atom. The van der Waals surface area contributed by atoms with E-state index < -0.39 is 0 Å². The summed E-state index contributed by atoms with van der Waals surface area (Å²) in [6, 6.07) is 8.85. The second-order valence-electron chi connectivity index (χ2n) is 7.10. The van der Waals surface area contributed by atoms with Crippen molar-refractivity contribution in [3.63, 3.8) is 0 Å². The van der Waals surface area contributed by atoms with Gasteiger partial charge in [-0.2, -0.15) is 0 Å². The Hall–Kier alpha value is -1.28. The molecule has 2 aliphatic heterocycles. The molecule has 6 heteroatoms. The summed E-state index contributed by atoms with van der Waals surface area (Å²) in [5, 5.41) is 7.05. The average molecular weight is 484 g/mol. The third kappa shape index (κ3) is 6.38. The summed E-state index contributed by atoms with van der Waals surface area (Å²) in [7, 11) is 0. The van der Waals surface area contributed by atoms with Gasteiger partial charge in [-0.3, -0.25) is 9.89 Å². The summed E-state index contributed by atoms with van der Waals surface area (Å²) in [6.45, 7) is 11.6. The molecule has 1 unspecified atom stereocenters. The molecule has 2 aliphatic rings. The van der Waals surface area contributed by atoms with E-state index in [0.717, 1.165) is 70.3 Å². The largest absolute Gasteiger partial charge is 0.493 e. The van der Waals surface area contributed by atoms with Gasteiger partial charge in [0.15, 0.2) is 5.96 Å². The predicted molar refractivity (Wildman–Crippen MR) is 123 cm³/mol. The quantitative estimate of drug-likeness (QED) is 0.282. The molecule has 1 saturated heterocycles. The highest BCUT2D eigenvalue weighted by Crippen LogP contribution is 2.33. The molecule has 27 heavy (non-hydrogen) atoms. The van der Waals surface area contributed by atoms with Crippen molar-refractivity contribution >= 4 is 29.9 Å². The van der Waals surface area contributed by atoms with E-state index in [0.29, 0.717) is 12.0 Å². The molecule has 150 valence electrons. The smallest absolute Gasteiger partial charge is 0.191 e. The number of ether oxygens (including phenoxy) is 1. The van der Waals surface area contributed by atoms with Crippen LogP contribution in [0.5, 0.6) is 5.75 Å². The fraction of sp³-hybridized carbons (Fsp3) is 0.571. The minimum Gasteiger partial charge on any atom is -0.493 e. The van der Waals surface area contributed by atoms with Crippen molar-refractivity contribution in [1.29, 1.82) is 0 Å². The third-order valence-electron chi connectivity index (χ3n) is 5.21. The molecule has 0 radical (unpaired) electrons. The van der Waals surface area contributed by atoms with Gasteiger partial charge in [0.25, 0.3) is 0 Å². The lowest BCUT2D eigenvalue weighted by molar-refractivity contribution is 0.225. The molecular weight excluding hydrogens is 451 g/mol. The summed E-state index contributed by atoms with van der Waals surface area (Å²) in [5.41, 5.74) is 1.29. The van der Waals surface area contributed by atoms with Crippen molar-refractivity contribution in [2.45, 2.75) is 38.1 Å². The SMILES string of the molecule is C=CCN1CCC(NC(=NCC2CCOc3ccccc32)NCC)CC1.I. The molecule has 1 aromatic carbocycles. The first kappa shape index (κ1) is 22.0. The van der Waals surface area contributed by atoms with Gasteiger partial charge in [0.1, 0.15) is 5.75 Å². The summed E-state index contributed by atoms with van der Waals surface area (Å²) in [4.78, 5) is 7.35. The minimum absolute atomic E-state index is 0. The molecule has 0 bridgehead atoms. The van der Waals surface area contributed by atoms with Gasteiger partial charge in [-0.05, 0) is 37.8 Å². The lowest BCUT2D eigenvalue weighted by Gasteiger charge is -2.32. The number of hydrogen-bond acceptors (Lipinski definition) is 3. The van der Waals surface area contributed by atoms with Crippen LogP contribution >= 0.6 is 24.0 Å². The second kappa shape index (κ2) is 11.5. The number of aliphatic imine (C=N–C) groups is 1. The number of nitrogens with one attached hydrogen (secondary N) is 2. The summed E-state index contributed by atoms with van der Waals surface area (Å²) in [5.74, 6) is 2.40. The van der Waals surface area contributed by atoms with Crippen LogP contribution in [0.1, 0.15) is 37.7 Å². The van der Waals surface area contributed by atoms with Crippen LogP contribution in [0.2, 0.25) is 0 Å². The molecule has 1 atom stereocenters. The van der Waals surface area contributed by atoms with Crippen LogP contribution in [0.25, 0.3) is 0 Å². The summed E-state index contributed by atoms with van der Waals surface area (Å²) < 4.78 is 5.77. The molecule has 2 N–H and O–H groups in total. The molecule has 1 aromatic rings. The molecule has 0 aromatic heterocycles. The van der Waals surface area contributed by atoms with Crippen molar-refractivity contribution in [3.05, 3.63) is 42.5 Å². The molecule has 5 nitrogen and oxygen atoms in total. The number of hydrogen-bond donors (Lipinski definition) is 2. The van der Waals surface area contributed by atoms with E-state index in [1.54, 1.807) is 0 Å². The molecule has 0 saturated carbocycles. The van der Waals surface area contributed by atoms with Gasteiger partial charge in [-0.1, -0.05) is 24.3 Å². The Labute approximate surface area is 180 Å². The maximum Gasteiger partial charge on any atom is 0.191 e. The maximum absolute atomic E-state index is 5.77. The van der Waals surface area contributed by atoms with Crippen LogP contribution in [0.4, 0.5) is 0 Å². The fourth-order valence-corrected chi connectivity index (χ4v) is 3.76. The van der Waals surface area contributed by atoms with Crippen LogP contribution in [-0.2, 0) is 0 Å². The number of para-hydroxylation sites is 1. The number of likely N-dealkylation sites (tertiary alicyclic amines) is 1. The Morgan fingerprint density at radius 3 is 2.81 bits per heavy atom. The highest BCUT2D eigenvalue weighted by molar-refractivity contribution is 14.0. The van der Waals surface area contributed by atoms with Gasteiger partial charge in [-0.15, -0.1) is 30.6 Å². The number of fused-ring (bicyclic) bond motifs is 1. The standard InChI is InChI=1S/C21H32N4O.HI/c1-3-12-25-13-9-18(10-14-25)24-21(22-4-2)23-16-17-11-15-26-20-8-6-5-7-19(17)20;/h3,5-8,17-18H,1,4,9-16H2,2H3,(H2,22,23,24);1H. The molecule has 0 spiro atoms. The number of guanidine groups is 1. The highest BCUT2D eigenvalue weighted by Gasteiger charge is 2.22. The number of nitrogens with zero attached hydrogens (tertiary/aromatic N) is 2. The van der Waals surface area contributed by atoms with Crippen LogP contribution in [0.15, 0.2) is 41.9 Å². The van der Waals surface area contributed by atoms with Gasteiger partial charge >= 0.3 is 0 Å². The number of halogens is 1.